The van der Waals surface area contributed by atoms with Crippen molar-refractivity contribution in [2.24, 2.45) is 0 Å². The second-order valence-corrected chi connectivity index (χ2v) is 6.75. The zero-order valence-corrected chi connectivity index (χ0v) is 12.2. The lowest BCUT2D eigenvalue weighted by molar-refractivity contribution is 0.370. The zero-order chi connectivity index (χ0) is 14.6. The van der Waals surface area contributed by atoms with Crippen molar-refractivity contribution in [1.29, 1.82) is 0 Å². The third-order valence-corrected chi connectivity index (χ3v) is 4.51. The Bertz CT molecular complexity index is 512. The van der Waals surface area contributed by atoms with Gasteiger partial charge in [0, 0.05) is 19.3 Å². The lowest BCUT2D eigenvalue weighted by Crippen LogP contribution is -2.30. The van der Waals surface area contributed by atoms with Crippen LogP contribution in [0, 0.1) is 5.82 Å². The number of rotatable bonds is 6. The maximum Gasteiger partial charge on any atom is 0.242 e. The maximum atomic E-state index is 13.2. The van der Waals surface area contributed by atoms with E-state index in [4.69, 9.17) is 5.73 Å². The van der Waals surface area contributed by atoms with E-state index in [0.717, 1.165) is 18.7 Å². The smallest absolute Gasteiger partial charge is 0.242 e. The highest BCUT2D eigenvalue weighted by Crippen LogP contribution is 2.19. The molecule has 0 heterocycles. The molecule has 0 saturated carbocycles. The van der Waals surface area contributed by atoms with Crippen molar-refractivity contribution < 1.29 is 12.8 Å². The molecular formula is C12H20FN3O2S. The Morgan fingerprint density at radius 1 is 1.16 bits per heavy atom. The van der Waals surface area contributed by atoms with Gasteiger partial charge in [0.15, 0.2) is 0 Å². The first kappa shape index (κ1) is 15.9. The van der Waals surface area contributed by atoms with Gasteiger partial charge in [0.1, 0.15) is 5.82 Å². The molecule has 7 heteroatoms. The van der Waals surface area contributed by atoms with Crippen molar-refractivity contribution in [3.8, 4) is 0 Å². The van der Waals surface area contributed by atoms with Gasteiger partial charge in [0.2, 0.25) is 10.0 Å². The molecule has 0 aliphatic carbocycles. The van der Waals surface area contributed by atoms with Crippen LogP contribution in [0.3, 0.4) is 0 Å². The van der Waals surface area contributed by atoms with Crippen LogP contribution in [-0.4, -0.2) is 51.9 Å². The summed E-state index contributed by atoms with van der Waals surface area (Å²) in [5.41, 5.74) is 5.56. The first-order chi connectivity index (χ1) is 8.73. The fourth-order valence-electron chi connectivity index (χ4n) is 1.64. The van der Waals surface area contributed by atoms with Crippen molar-refractivity contribution in [2.45, 2.75) is 11.3 Å². The summed E-state index contributed by atoms with van der Waals surface area (Å²) in [6.45, 7) is 1.15. The molecule has 1 aromatic rings. The largest absolute Gasteiger partial charge is 0.399 e. The lowest BCUT2D eigenvalue weighted by atomic mass is 10.3. The van der Waals surface area contributed by atoms with Crippen LogP contribution in [0.4, 0.5) is 10.1 Å². The Kier molecular flexibility index (Phi) is 5.28. The van der Waals surface area contributed by atoms with E-state index >= 15 is 0 Å². The summed E-state index contributed by atoms with van der Waals surface area (Å²) in [5.74, 6) is -0.653. The topological polar surface area (TPSA) is 66.6 Å². The molecule has 0 aliphatic rings. The van der Waals surface area contributed by atoms with Gasteiger partial charge in [-0.15, -0.1) is 0 Å². The molecule has 0 atom stereocenters. The summed E-state index contributed by atoms with van der Waals surface area (Å²) in [4.78, 5) is 1.86. The number of nitrogen functional groups attached to an aromatic ring is 1. The summed E-state index contributed by atoms with van der Waals surface area (Å²) in [7, 11) is 1.63. The van der Waals surface area contributed by atoms with E-state index in [9.17, 15) is 12.8 Å². The molecule has 0 aromatic heterocycles. The highest BCUT2D eigenvalue weighted by Gasteiger charge is 2.21. The molecule has 1 rings (SSSR count). The van der Waals surface area contributed by atoms with E-state index in [-0.39, 0.29) is 10.6 Å². The highest BCUT2D eigenvalue weighted by molar-refractivity contribution is 7.89. The Balaban J connectivity index is 2.84. The molecule has 0 aliphatic heterocycles. The minimum absolute atomic E-state index is 0.0975. The van der Waals surface area contributed by atoms with Crippen molar-refractivity contribution in [3.63, 3.8) is 0 Å². The van der Waals surface area contributed by atoms with Crippen LogP contribution in [0.25, 0.3) is 0 Å². The number of anilines is 1. The number of hydrogen-bond donors (Lipinski definition) is 1. The van der Waals surface area contributed by atoms with Gasteiger partial charge in [0.25, 0.3) is 0 Å². The van der Waals surface area contributed by atoms with Gasteiger partial charge in [0.05, 0.1) is 4.90 Å². The molecule has 2 N–H and O–H groups in total. The van der Waals surface area contributed by atoms with E-state index in [1.807, 2.05) is 19.0 Å². The first-order valence-electron chi connectivity index (χ1n) is 5.90. The number of sulfonamides is 1. The van der Waals surface area contributed by atoms with Gasteiger partial charge in [-0.05, 0) is 45.3 Å². The van der Waals surface area contributed by atoms with Gasteiger partial charge >= 0.3 is 0 Å². The molecule has 0 spiro atoms. The minimum atomic E-state index is -3.69. The summed E-state index contributed by atoms with van der Waals surface area (Å²) in [6.07, 6.45) is 0.702. The van der Waals surface area contributed by atoms with Gasteiger partial charge in [-0.25, -0.2) is 17.1 Å². The Labute approximate surface area is 113 Å². The molecule has 0 bridgehead atoms. The maximum absolute atomic E-state index is 13.2. The number of benzene rings is 1. The van der Waals surface area contributed by atoms with Crippen LogP contribution >= 0.6 is 0 Å². The molecule has 0 amide bonds. The molecule has 19 heavy (non-hydrogen) atoms. The SMILES string of the molecule is CN(C)CCCN(C)S(=O)(=O)c1cc(N)cc(F)c1. The average molecular weight is 289 g/mol. The van der Waals surface area contributed by atoms with Crippen LogP contribution in [0.15, 0.2) is 23.1 Å². The fourth-order valence-corrected chi connectivity index (χ4v) is 2.92. The Morgan fingerprint density at radius 3 is 2.32 bits per heavy atom. The van der Waals surface area contributed by atoms with Crippen molar-refractivity contribution in [1.82, 2.24) is 9.21 Å². The molecule has 0 saturated heterocycles. The quantitative estimate of drug-likeness (QED) is 0.793. The molecule has 5 nitrogen and oxygen atoms in total. The molecule has 0 fully saturated rings. The van der Waals surface area contributed by atoms with E-state index in [1.54, 1.807) is 0 Å². The number of halogens is 1. The van der Waals surface area contributed by atoms with Gasteiger partial charge in [-0.3, -0.25) is 0 Å². The van der Waals surface area contributed by atoms with Gasteiger partial charge < -0.3 is 10.6 Å². The monoisotopic (exact) mass is 289 g/mol. The van der Waals surface area contributed by atoms with Crippen molar-refractivity contribution in [3.05, 3.63) is 24.0 Å². The standard InChI is InChI=1S/C12H20FN3O2S/c1-15(2)5-4-6-16(3)19(17,18)12-8-10(13)7-11(14)9-12/h7-9H,4-6,14H2,1-3H3. The third kappa shape index (κ3) is 4.45. The minimum Gasteiger partial charge on any atom is -0.399 e. The van der Waals surface area contributed by atoms with Crippen LogP contribution in [0.2, 0.25) is 0 Å². The van der Waals surface area contributed by atoms with Crippen molar-refractivity contribution >= 4 is 15.7 Å². The van der Waals surface area contributed by atoms with E-state index < -0.39 is 15.8 Å². The summed E-state index contributed by atoms with van der Waals surface area (Å²) < 4.78 is 38.8. The van der Waals surface area contributed by atoms with Crippen LogP contribution < -0.4 is 5.73 Å². The zero-order valence-electron chi connectivity index (χ0n) is 11.4. The van der Waals surface area contributed by atoms with Crippen LogP contribution in [0.1, 0.15) is 6.42 Å². The second kappa shape index (κ2) is 6.31. The Morgan fingerprint density at radius 2 is 1.79 bits per heavy atom. The average Bonchev–Trinajstić information content (AvgIpc) is 2.26. The van der Waals surface area contributed by atoms with E-state index in [1.165, 1.54) is 17.4 Å². The summed E-state index contributed by atoms with van der Waals surface area (Å²) >= 11 is 0. The number of hydrogen-bond acceptors (Lipinski definition) is 4. The summed E-state index contributed by atoms with van der Waals surface area (Å²) in [6, 6.07) is 3.33. The van der Waals surface area contributed by atoms with Crippen LogP contribution in [0.5, 0.6) is 0 Å². The number of nitrogens with zero attached hydrogens (tertiary/aromatic N) is 2. The van der Waals surface area contributed by atoms with Gasteiger partial charge in [-0.2, -0.15) is 0 Å². The normalized spacial score (nSPS) is 12.3. The number of nitrogens with two attached hydrogens (primary N) is 1. The molecular weight excluding hydrogens is 269 g/mol. The van der Waals surface area contributed by atoms with Crippen LogP contribution in [-0.2, 0) is 10.0 Å². The Hall–Kier alpha value is -1.18. The molecule has 0 radical (unpaired) electrons. The molecule has 0 unspecified atom stereocenters. The van der Waals surface area contributed by atoms with E-state index in [2.05, 4.69) is 0 Å². The highest BCUT2D eigenvalue weighted by atomic mass is 32.2. The lowest BCUT2D eigenvalue weighted by Gasteiger charge is -2.18. The van der Waals surface area contributed by atoms with Crippen molar-refractivity contribution in [2.75, 3.05) is 40.0 Å². The second-order valence-electron chi connectivity index (χ2n) is 4.70. The summed E-state index contributed by atoms with van der Waals surface area (Å²) in [5, 5.41) is 0. The predicted octanol–water partition coefficient (Wildman–Crippen LogP) is 0.980. The molecule has 1 aromatic carbocycles. The molecule has 108 valence electrons. The predicted molar refractivity (Wildman–Crippen MR) is 73.8 cm³/mol. The first-order valence-corrected chi connectivity index (χ1v) is 7.34. The third-order valence-electron chi connectivity index (χ3n) is 2.68. The van der Waals surface area contributed by atoms with Gasteiger partial charge in [-0.1, -0.05) is 0 Å². The van der Waals surface area contributed by atoms with E-state index in [0.29, 0.717) is 13.0 Å². The fraction of sp³-hybridized carbons (Fsp3) is 0.500.